The Morgan fingerprint density at radius 1 is 1.53 bits per heavy atom. The van der Waals surface area contributed by atoms with Crippen LogP contribution in [0.5, 0.6) is 0 Å². The zero-order chi connectivity index (χ0) is 11.3. The van der Waals surface area contributed by atoms with Gasteiger partial charge in [-0.1, -0.05) is 41.3 Å². The molecule has 0 saturated heterocycles. The van der Waals surface area contributed by atoms with Gasteiger partial charge in [0.1, 0.15) is 0 Å². The zero-order valence-electron chi connectivity index (χ0n) is 8.63. The Kier molecular flexibility index (Phi) is 4.74. The summed E-state index contributed by atoms with van der Waals surface area (Å²) in [5.74, 6) is 6.47. The molecule has 0 aliphatic rings. The molecular weight excluding hydrogens is 228 g/mol. The SMILES string of the molecule is CC(=O)SCC#Cc1cccc(Cl)c1C. The van der Waals surface area contributed by atoms with Gasteiger partial charge in [0.25, 0.3) is 0 Å². The first-order valence-electron chi connectivity index (χ1n) is 4.48. The van der Waals surface area contributed by atoms with Crippen molar-refractivity contribution in [1.29, 1.82) is 0 Å². The van der Waals surface area contributed by atoms with E-state index in [-0.39, 0.29) is 5.12 Å². The highest BCUT2D eigenvalue weighted by Gasteiger charge is 1.97. The molecular formula is C12H11ClOS. The second-order valence-electron chi connectivity index (χ2n) is 2.99. The first-order valence-corrected chi connectivity index (χ1v) is 5.85. The number of halogens is 1. The molecule has 3 heteroatoms. The Bertz CT molecular complexity index is 429. The molecule has 0 amide bonds. The van der Waals surface area contributed by atoms with E-state index < -0.39 is 0 Å². The summed E-state index contributed by atoms with van der Waals surface area (Å²) in [7, 11) is 0. The van der Waals surface area contributed by atoms with Crippen LogP contribution >= 0.6 is 23.4 Å². The van der Waals surface area contributed by atoms with Crippen molar-refractivity contribution in [1.82, 2.24) is 0 Å². The number of hydrogen-bond donors (Lipinski definition) is 0. The van der Waals surface area contributed by atoms with Crippen LogP contribution in [0.15, 0.2) is 18.2 Å². The standard InChI is InChI=1S/C12H11ClOS/c1-9-11(5-3-7-12(9)13)6-4-8-15-10(2)14/h3,5,7H,8H2,1-2H3. The lowest BCUT2D eigenvalue weighted by Gasteiger charge is -1.99. The normalized spacial score (nSPS) is 9.27. The van der Waals surface area contributed by atoms with Gasteiger partial charge in [-0.3, -0.25) is 4.79 Å². The molecule has 0 saturated carbocycles. The zero-order valence-corrected chi connectivity index (χ0v) is 10.2. The maximum Gasteiger partial charge on any atom is 0.186 e. The molecule has 0 aromatic heterocycles. The lowest BCUT2D eigenvalue weighted by Crippen LogP contribution is -1.85. The maximum atomic E-state index is 10.7. The third kappa shape index (κ3) is 3.99. The van der Waals surface area contributed by atoms with Gasteiger partial charge < -0.3 is 0 Å². The molecule has 0 atom stereocenters. The van der Waals surface area contributed by atoms with Crippen LogP contribution in [0.3, 0.4) is 0 Å². The number of carbonyl (C=O) groups excluding carboxylic acids is 1. The van der Waals surface area contributed by atoms with Crippen LogP contribution in [0, 0.1) is 18.8 Å². The van der Waals surface area contributed by atoms with Gasteiger partial charge in [0.15, 0.2) is 5.12 Å². The fourth-order valence-electron chi connectivity index (χ4n) is 1.01. The smallest absolute Gasteiger partial charge is 0.186 e. The van der Waals surface area contributed by atoms with E-state index in [9.17, 15) is 4.79 Å². The summed E-state index contributed by atoms with van der Waals surface area (Å²) >= 11 is 7.17. The third-order valence-electron chi connectivity index (χ3n) is 1.84. The fraction of sp³-hybridized carbons (Fsp3) is 0.250. The molecule has 1 nitrogen and oxygen atoms in total. The van der Waals surface area contributed by atoms with Crippen LogP contribution in [0.1, 0.15) is 18.1 Å². The average molecular weight is 239 g/mol. The van der Waals surface area contributed by atoms with Gasteiger partial charge >= 0.3 is 0 Å². The van der Waals surface area contributed by atoms with E-state index >= 15 is 0 Å². The van der Waals surface area contributed by atoms with Crippen LogP contribution in [0.4, 0.5) is 0 Å². The van der Waals surface area contributed by atoms with Gasteiger partial charge in [0.05, 0.1) is 5.75 Å². The predicted molar refractivity (Wildman–Crippen MR) is 66.2 cm³/mol. The summed E-state index contributed by atoms with van der Waals surface area (Å²) in [4.78, 5) is 10.7. The molecule has 0 bridgehead atoms. The number of rotatable bonds is 1. The van der Waals surface area contributed by atoms with Crippen molar-refractivity contribution in [3.8, 4) is 11.8 Å². The predicted octanol–water partition coefficient (Wildman–Crippen LogP) is 3.28. The first kappa shape index (κ1) is 12.2. The van der Waals surface area contributed by atoms with E-state index in [2.05, 4.69) is 11.8 Å². The van der Waals surface area contributed by atoms with E-state index in [1.54, 1.807) is 0 Å². The van der Waals surface area contributed by atoms with Gasteiger partial charge in [-0.15, -0.1) is 0 Å². The molecule has 0 fully saturated rings. The van der Waals surface area contributed by atoms with Crippen LogP contribution in [0.25, 0.3) is 0 Å². The molecule has 0 aliphatic carbocycles. The molecule has 1 aromatic carbocycles. The highest BCUT2D eigenvalue weighted by molar-refractivity contribution is 8.13. The van der Waals surface area contributed by atoms with Crippen molar-refractivity contribution in [2.45, 2.75) is 13.8 Å². The molecule has 0 unspecified atom stereocenters. The molecule has 15 heavy (non-hydrogen) atoms. The Hall–Kier alpha value is -0.910. The minimum atomic E-state index is 0.0899. The second kappa shape index (κ2) is 5.85. The Morgan fingerprint density at radius 2 is 2.27 bits per heavy atom. The summed E-state index contributed by atoms with van der Waals surface area (Å²) in [5, 5.41) is 0.813. The molecule has 0 aliphatic heterocycles. The van der Waals surface area contributed by atoms with E-state index in [0.717, 1.165) is 16.1 Å². The second-order valence-corrected chi connectivity index (χ2v) is 4.55. The molecule has 1 rings (SSSR count). The van der Waals surface area contributed by atoms with Crippen LogP contribution in [0.2, 0.25) is 5.02 Å². The summed E-state index contributed by atoms with van der Waals surface area (Å²) in [6.45, 7) is 3.47. The van der Waals surface area contributed by atoms with Crippen molar-refractivity contribution >= 4 is 28.5 Å². The molecule has 0 radical (unpaired) electrons. The summed E-state index contributed by atoms with van der Waals surface area (Å²) < 4.78 is 0. The topological polar surface area (TPSA) is 17.1 Å². The quantitative estimate of drug-likeness (QED) is 0.699. The largest absolute Gasteiger partial charge is 0.288 e. The lowest BCUT2D eigenvalue weighted by molar-refractivity contribution is -0.109. The van der Waals surface area contributed by atoms with Crippen molar-refractivity contribution in [3.05, 3.63) is 34.3 Å². The van der Waals surface area contributed by atoms with E-state index in [0.29, 0.717) is 5.75 Å². The van der Waals surface area contributed by atoms with Crippen molar-refractivity contribution < 1.29 is 4.79 Å². The highest BCUT2D eigenvalue weighted by atomic mass is 35.5. The van der Waals surface area contributed by atoms with Gasteiger partial charge in [0.2, 0.25) is 0 Å². The Morgan fingerprint density at radius 3 is 2.93 bits per heavy atom. The summed E-state index contributed by atoms with van der Waals surface area (Å²) in [6.07, 6.45) is 0. The van der Waals surface area contributed by atoms with Crippen LogP contribution in [-0.4, -0.2) is 10.9 Å². The van der Waals surface area contributed by atoms with Crippen LogP contribution in [-0.2, 0) is 4.79 Å². The molecule has 1 aromatic rings. The molecule has 0 heterocycles. The Balaban J connectivity index is 2.72. The van der Waals surface area contributed by atoms with Gasteiger partial charge in [0, 0.05) is 17.5 Å². The van der Waals surface area contributed by atoms with Crippen molar-refractivity contribution in [3.63, 3.8) is 0 Å². The summed E-state index contributed by atoms with van der Waals surface area (Å²) in [5.41, 5.74) is 1.91. The molecule has 0 N–H and O–H groups in total. The number of benzene rings is 1. The Labute approximate surface area is 99.2 Å². The van der Waals surface area contributed by atoms with Crippen molar-refractivity contribution in [2.24, 2.45) is 0 Å². The number of carbonyl (C=O) groups is 1. The first-order chi connectivity index (χ1) is 7.11. The summed E-state index contributed by atoms with van der Waals surface area (Å²) in [6, 6.07) is 5.64. The molecule has 0 spiro atoms. The average Bonchev–Trinajstić information content (AvgIpc) is 2.18. The highest BCUT2D eigenvalue weighted by Crippen LogP contribution is 2.17. The van der Waals surface area contributed by atoms with Gasteiger partial charge in [-0.25, -0.2) is 0 Å². The van der Waals surface area contributed by atoms with Crippen molar-refractivity contribution in [2.75, 3.05) is 5.75 Å². The number of hydrogen-bond acceptors (Lipinski definition) is 2. The van der Waals surface area contributed by atoms with Gasteiger partial charge in [-0.2, -0.15) is 0 Å². The maximum absolute atomic E-state index is 10.7. The fourth-order valence-corrected chi connectivity index (χ4v) is 1.53. The minimum absolute atomic E-state index is 0.0899. The van der Waals surface area contributed by atoms with E-state index in [1.165, 1.54) is 18.7 Å². The third-order valence-corrected chi connectivity index (χ3v) is 2.94. The number of thioether (sulfide) groups is 1. The monoisotopic (exact) mass is 238 g/mol. The van der Waals surface area contributed by atoms with Gasteiger partial charge in [-0.05, 0) is 24.6 Å². The molecule has 78 valence electrons. The minimum Gasteiger partial charge on any atom is -0.288 e. The van der Waals surface area contributed by atoms with Crippen LogP contribution < -0.4 is 0 Å². The lowest BCUT2D eigenvalue weighted by atomic mass is 10.1. The van der Waals surface area contributed by atoms with E-state index in [1.807, 2.05) is 25.1 Å². The van der Waals surface area contributed by atoms with E-state index in [4.69, 9.17) is 11.6 Å².